The van der Waals surface area contributed by atoms with Crippen molar-refractivity contribution in [3.05, 3.63) is 15.3 Å². The molecule has 2 N–H and O–H groups in total. The molecule has 0 aromatic carbocycles. The number of quaternary nitrogens is 1. The Balaban J connectivity index is 0. The van der Waals surface area contributed by atoms with E-state index in [9.17, 15) is 0 Å². The van der Waals surface area contributed by atoms with Crippen LogP contribution < -0.4 is 5.32 Å². The van der Waals surface area contributed by atoms with Gasteiger partial charge in [0.15, 0.2) is 0 Å². The highest BCUT2D eigenvalue weighted by molar-refractivity contribution is 4.03. The smallest absolute Gasteiger partial charge is 0.0689 e. The summed E-state index contributed by atoms with van der Waals surface area (Å²) in [6.45, 7) is 0. The number of hydrogen-bond donors (Lipinski definition) is 1. The predicted molar refractivity (Wildman–Crippen MR) is 24.1 cm³/mol. The van der Waals surface area contributed by atoms with E-state index in [1.165, 1.54) is 0 Å². The van der Waals surface area contributed by atoms with Crippen LogP contribution in [0.3, 0.4) is 0 Å². The first-order chi connectivity index (χ1) is 3.15. The lowest BCUT2D eigenvalue weighted by Gasteiger charge is -1.74. The Kier molecular flexibility index (Phi) is 12.1. The number of nitrogens with two attached hydrogens (primary N) is 1. The molecule has 0 spiro atoms. The summed E-state index contributed by atoms with van der Waals surface area (Å²) in [6.07, 6.45) is 0. The van der Waals surface area contributed by atoms with E-state index in [0.717, 1.165) is 0 Å². The summed E-state index contributed by atoms with van der Waals surface area (Å²) in [4.78, 5) is 8.25. The molecule has 0 aliphatic rings. The van der Waals surface area contributed by atoms with Crippen molar-refractivity contribution in [2.45, 2.75) is 0 Å². The second kappa shape index (κ2) is 8.94. The van der Waals surface area contributed by atoms with Crippen LogP contribution in [0.1, 0.15) is 0 Å². The fourth-order valence-corrected chi connectivity index (χ4v) is 0. The summed E-state index contributed by atoms with van der Waals surface area (Å²) in [5, 5.41) is 16.8. The van der Waals surface area contributed by atoms with E-state index in [4.69, 9.17) is 15.3 Å². The minimum Gasteiger partial charge on any atom is -0.356 e. The zero-order chi connectivity index (χ0) is 6.28. The molecule has 0 atom stereocenters. The fourth-order valence-electron chi connectivity index (χ4n) is 0. The van der Waals surface area contributed by atoms with E-state index in [0.29, 0.717) is 0 Å². The van der Waals surface area contributed by atoms with Crippen LogP contribution in [0.25, 0.3) is 0 Å². The van der Waals surface area contributed by atoms with Gasteiger partial charge in [-0.1, -0.05) is 0 Å². The normalized spacial score (nSPS) is 6.00. The minimum atomic E-state index is -1.75. The van der Waals surface area contributed by atoms with E-state index in [1.807, 2.05) is 19.4 Å². The molecule has 0 bridgehead atoms. The maximum atomic E-state index is 8.25. The van der Waals surface area contributed by atoms with Crippen molar-refractivity contribution in [2.75, 3.05) is 14.1 Å². The third kappa shape index (κ3) is 73.0. The first kappa shape index (κ1) is 9.48. The van der Waals surface area contributed by atoms with E-state index < -0.39 is 5.09 Å². The molecule has 0 amide bonds. The monoisotopic (exact) mass is 108 g/mol. The predicted octanol–water partition coefficient (Wildman–Crippen LogP) is -1.43. The van der Waals surface area contributed by atoms with Crippen molar-refractivity contribution < 1.29 is 10.4 Å². The van der Waals surface area contributed by atoms with Gasteiger partial charge in [0.05, 0.1) is 19.2 Å². The molecule has 5 nitrogen and oxygen atoms in total. The Morgan fingerprint density at radius 3 is 1.43 bits per heavy atom. The average Bonchev–Trinajstić information content (AvgIpc) is 1.33. The molecule has 0 saturated heterocycles. The summed E-state index contributed by atoms with van der Waals surface area (Å²) < 4.78 is 0. The second-order valence-electron chi connectivity index (χ2n) is 0.801. The molecule has 0 fully saturated rings. The van der Waals surface area contributed by atoms with E-state index in [1.54, 1.807) is 0 Å². The molecular formula is C2H8N2O3. The summed E-state index contributed by atoms with van der Waals surface area (Å²) in [5.41, 5.74) is 0. The summed E-state index contributed by atoms with van der Waals surface area (Å²) in [6, 6.07) is 0. The van der Waals surface area contributed by atoms with Crippen LogP contribution in [-0.2, 0) is 0 Å². The van der Waals surface area contributed by atoms with Crippen LogP contribution in [0.4, 0.5) is 0 Å². The number of rotatable bonds is 0. The highest BCUT2D eigenvalue weighted by Crippen LogP contribution is 1.44. The SMILES string of the molecule is C[NH2+]C.O=[N+]([O-])[O-]. The van der Waals surface area contributed by atoms with Crippen molar-refractivity contribution in [3.63, 3.8) is 0 Å². The molecule has 44 valence electrons. The highest BCUT2D eigenvalue weighted by atomic mass is 16.9. The molecule has 5 heteroatoms. The third-order valence-corrected chi connectivity index (χ3v) is 0. The maximum absolute atomic E-state index is 8.25. The van der Waals surface area contributed by atoms with Crippen molar-refractivity contribution >= 4 is 0 Å². The molecule has 0 rings (SSSR count). The van der Waals surface area contributed by atoms with Crippen LogP contribution in [0.5, 0.6) is 0 Å². The average molecular weight is 108 g/mol. The molecule has 0 aliphatic heterocycles. The van der Waals surface area contributed by atoms with Gasteiger partial charge >= 0.3 is 0 Å². The van der Waals surface area contributed by atoms with E-state index >= 15 is 0 Å². The minimum absolute atomic E-state index is 1.75. The molecule has 0 unspecified atom stereocenters. The molecule has 0 aromatic rings. The van der Waals surface area contributed by atoms with Gasteiger partial charge in [-0.25, -0.2) is 0 Å². The lowest BCUT2D eigenvalue weighted by atomic mass is 11.3. The number of nitrogens with zero attached hydrogens (tertiary/aromatic N) is 1. The third-order valence-electron chi connectivity index (χ3n) is 0. The molecule has 0 radical (unpaired) electrons. The highest BCUT2D eigenvalue weighted by Gasteiger charge is 1.45. The van der Waals surface area contributed by atoms with Crippen LogP contribution in [0.2, 0.25) is 0 Å². The van der Waals surface area contributed by atoms with Crippen LogP contribution >= 0.6 is 0 Å². The lowest BCUT2D eigenvalue weighted by molar-refractivity contribution is -0.597. The first-order valence-electron chi connectivity index (χ1n) is 1.70. The van der Waals surface area contributed by atoms with Crippen molar-refractivity contribution in [1.82, 2.24) is 0 Å². The second-order valence-corrected chi connectivity index (χ2v) is 0.801. The van der Waals surface area contributed by atoms with Crippen molar-refractivity contribution in [3.8, 4) is 0 Å². The van der Waals surface area contributed by atoms with Gasteiger partial charge in [0.1, 0.15) is 0 Å². The van der Waals surface area contributed by atoms with Crippen molar-refractivity contribution in [1.29, 1.82) is 0 Å². The summed E-state index contributed by atoms with van der Waals surface area (Å²) >= 11 is 0. The Morgan fingerprint density at radius 1 is 1.43 bits per heavy atom. The first-order valence-corrected chi connectivity index (χ1v) is 1.70. The van der Waals surface area contributed by atoms with Crippen molar-refractivity contribution in [2.24, 2.45) is 0 Å². The van der Waals surface area contributed by atoms with Gasteiger partial charge in [0.2, 0.25) is 0 Å². The van der Waals surface area contributed by atoms with Gasteiger partial charge in [-0.05, 0) is 0 Å². The Bertz CT molecular complexity index is 42.2. The number of hydrogen-bond acceptors (Lipinski definition) is 3. The van der Waals surface area contributed by atoms with Crippen LogP contribution in [-0.4, -0.2) is 19.2 Å². The van der Waals surface area contributed by atoms with Gasteiger partial charge in [0, 0.05) is 0 Å². The van der Waals surface area contributed by atoms with Gasteiger partial charge in [-0.3, -0.25) is 0 Å². The molecule has 0 aromatic heterocycles. The molecule has 0 saturated carbocycles. The van der Waals surface area contributed by atoms with Gasteiger partial charge < -0.3 is 20.6 Å². The molecular weight excluding hydrogens is 100 g/mol. The molecule has 7 heavy (non-hydrogen) atoms. The topological polar surface area (TPSA) is 82.8 Å². The maximum Gasteiger partial charge on any atom is 0.0689 e. The van der Waals surface area contributed by atoms with Gasteiger partial charge in [0.25, 0.3) is 0 Å². The van der Waals surface area contributed by atoms with Crippen LogP contribution in [0.15, 0.2) is 0 Å². The standard InChI is InChI=1S/C2H7N.NO3/c1-3-2;2-1(3)4/h3H,1-2H3;/q;-1/p+1. The summed E-state index contributed by atoms with van der Waals surface area (Å²) in [7, 11) is 4.00. The van der Waals surface area contributed by atoms with Gasteiger partial charge in [-0.2, -0.15) is 0 Å². The van der Waals surface area contributed by atoms with Gasteiger partial charge in [-0.15, -0.1) is 0 Å². The molecule has 0 heterocycles. The quantitative estimate of drug-likeness (QED) is 0.305. The Labute approximate surface area is 41.1 Å². The van der Waals surface area contributed by atoms with E-state index in [2.05, 4.69) is 0 Å². The van der Waals surface area contributed by atoms with Crippen LogP contribution in [0, 0.1) is 15.3 Å². The lowest BCUT2D eigenvalue weighted by Crippen LogP contribution is -2.74. The Hall–Kier alpha value is -0.840. The summed E-state index contributed by atoms with van der Waals surface area (Å²) in [5.74, 6) is 0. The Morgan fingerprint density at radius 2 is 1.43 bits per heavy atom. The zero-order valence-electron chi connectivity index (χ0n) is 4.25. The zero-order valence-corrected chi connectivity index (χ0v) is 4.25. The van der Waals surface area contributed by atoms with E-state index in [-0.39, 0.29) is 0 Å². The molecule has 0 aliphatic carbocycles. The fraction of sp³-hybridized carbons (Fsp3) is 1.00. The largest absolute Gasteiger partial charge is 0.356 e.